The minimum Gasteiger partial charge on any atom is -0.478 e. The average Bonchev–Trinajstić information content (AvgIpc) is 2.65. The van der Waals surface area contributed by atoms with Crippen LogP contribution < -0.4 is 15.4 Å². The number of hydrogen-bond donors (Lipinski definition) is 5. The molecule has 1 aliphatic heterocycles. The molecule has 0 atom stereocenters. The highest BCUT2D eigenvalue weighted by Gasteiger charge is 1.99. The van der Waals surface area contributed by atoms with Crippen LogP contribution in [0.5, 0.6) is 0 Å². The lowest BCUT2D eigenvalue weighted by atomic mass is 9.85. The Kier molecular flexibility index (Phi) is 9.71. The zero-order chi connectivity index (χ0) is 17.6. The van der Waals surface area contributed by atoms with Gasteiger partial charge in [0.15, 0.2) is 0 Å². The number of carboxylic acids is 2. The summed E-state index contributed by atoms with van der Waals surface area (Å²) in [6.07, 6.45) is 0. The summed E-state index contributed by atoms with van der Waals surface area (Å²) in [5.41, 5.74) is 0.662. The fourth-order valence-electron chi connectivity index (χ4n) is 1.43. The molecule has 1 fully saturated rings. The largest absolute Gasteiger partial charge is 0.478 e. The molecule has 1 saturated heterocycles. The predicted octanol–water partition coefficient (Wildman–Crippen LogP) is 0.141. The fraction of sp³-hybridized carbons (Fsp3) is 0. The van der Waals surface area contributed by atoms with E-state index in [-0.39, 0.29) is 0 Å². The van der Waals surface area contributed by atoms with E-state index in [1.807, 2.05) is 0 Å². The molecule has 1 aliphatic rings. The summed E-state index contributed by atoms with van der Waals surface area (Å²) in [5.74, 6) is -1.76. The number of carboxylic acid groups (broad SMARTS) is 2. The van der Waals surface area contributed by atoms with Crippen molar-refractivity contribution < 1.29 is 19.8 Å². The van der Waals surface area contributed by atoms with Gasteiger partial charge < -0.3 is 25.6 Å². The van der Waals surface area contributed by atoms with Gasteiger partial charge in [0.05, 0.1) is 11.1 Å². The van der Waals surface area contributed by atoms with E-state index in [2.05, 4.69) is 15.4 Å². The first-order valence-electron chi connectivity index (χ1n) is 6.91. The average molecular weight is 322 g/mol. The van der Waals surface area contributed by atoms with Crippen LogP contribution in [0, 0.1) is 0 Å². The number of carbonyl (C=O) groups is 2. The third-order valence-corrected chi connectivity index (χ3v) is 2.54. The Hall–Kier alpha value is -2.55. The maximum absolute atomic E-state index is 10.2. The van der Waals surface area contributed by atoms with Crippen molar-refractivity contribution in [3.8, 4) is 0 Å². The molecule has 24 heavy (non-hydrogen) atoms. The first kappa shape index (κ1) is 19.5. The van der Waals surface area contributed by atoms with Gasteiger partial charge in [-0.05, 0) is 24.3 Å². The van der Waals surface area contributed by atoms with Gasteiger partial charge in [-0.25, -0.2) is 9.59 Å². The first-order chi connectivity index (χ1) is 11.6. The lowest BCUT2D eigenvalue weighted by molar-refractivity contribution is 0.0686. The minimum atomic E-state index is -0.879. The number of nitrogens with one attached hydrogen (secondary N) is 3. The molecule has 0 bridgehead atoms. The van der Waals surface area contributed by atoms with E-state index in [4.69, 9.17) is 10.2 Å². The van der Waals surface area contributed by atoms with Crippen LogP contribution in [0.4, 0.5) is 0 Å². The predicted molar refractivity (Wildman–Crippen MR) is 93.5 cm³/mol. The fourth-order valence-corrected chi connectivity index (χ4v) is 1.43. The highest BCUT2D eigenvalue weighted by Crippen LogP contribution is 1.96. The van der Waals surface area contributed by atoms with Crippen molar-refractivity contribution in [2.24, 2.45) is 0 Å². The summed E-state index contributed by atoms with van der Waals surface area (Å²) in [7, 11) is 5.16. The second kappa shape index (κ2) is 11.9. The zero-order valence-corrected chi connectivity index (χ0v) is 12.7. The third kappa shape index (κ3) is 8.79. The smallest absolute Gasteiger partial charge is 0.335 e. The van der Waals surface area contributed by atoms with Gasteiger partial charge in [-0.3, -0.25) is 0 Å². The number of aromatic carboxylic acids is 2. The Morgan fingerprint density at radius 3 is 1.08 bits per heavy atom. The summed E-state index contributed by atoms with van der Waals surface area (Å²) in [6, 6.07) is 16.6. The summed E-state index contributed by atoms with van der Waals surface area (Å²) in [5, 5.41) is 25.1. The van der Waals surface area contributed by atoms with E-state index in [0.717, 1.165) is 0 Å². The number of hydrogen-bond acceptors (Lipinski definition) is 5. The monoisotopic (exact) mass is 322 g/mol. The molecule has 2 aromatic carbocycles. The second-order valence-corrected chi connectivity index (χ2v) is 4.28. The molecule has 119 valence electrons. The molecule has 1 heterocycles. The van der Waals surface area contributed by atoms with E-state index in [1.54, 1.807) is 83.3 Å². The molecule has 7 nitrogen and oxygen atoms in total. The van der Waals surface area contributed by atoms with E-state index in [0.29, 0.717) is 11.1 Å². The lowest BCUT2D eigenvalue weighted by Crippen LogP contribution is -2.55. The summed E-state index contributed by atoms with van der Waals surface area (Å²) >= 11 is 0. The van der Waals surface area contributed by atoms with Gasteiger partial charge in [0.25, 0.3) is 22.6 Å². The first-order valence-corrected chi connectivity index (χ1v) is 6.91. The molecular weight excluding hydrogens is 307 g/mol. The van der Waals surface area contributed by atoms with Crippen LogP contribution >= 0.6 is 0 Å². The second-order valence-electron chi connectivity index (χ2n) is 4.28. The van der Waals surface area contributed by atoms with Crippen LogP contribution in [0.15, 0.2) is 60.7 Å². The normalized spacial score (nSPS) is 11.7. The van der Waals surface area contributed by atoms with Crippen molar-refractivity contribution in [2.75, 3.05) is 0 Å². The van der Waals surface area contributed by atoms with Crippen LogP contribution in [-0.4, -0.2) is 44.8 Å². The van der Waals surface area contributed by atoms with Gasteiger partial charge in [-0.2, -0.15) is 0 Å². The Morgan fingerprint density at radius 1 is 0.625 bits per heavy atom. The maximum Gasteiger partial charge on any atom is 0.335 e. The Balaban J connectivity index is 0.000000184. The van der Waals surface area contributed by atoms with Gasteiger partial charge in [0.1, 0.15) is 0 Å². The van der Waals surface area contributed by atoms with Gasteiger partial charge in [-0.15, -0.1) is 0 Å². The molecule has 5 N–H and O–H groups in total. The molecular formula is C14H15B3N3O4. The lowest BCUT2D eigenvalue weighted by Gasteiger charge is -2.07. The van der Waals surface area contributed by atoms with E-state index in [1.165, 1.54) is 0 Å². The molecule has 0 spiro atoms. The summed E-state index contributed by atoms with van der Waals surface area (Å²) in [6.45, 7) is 0. The highest BCUT2D eigenvalue weighted by molar-refractivity contribution is 6.65. The molecule has 0 unspecified atom stereocenters. The molecule has 3 radical (unpaired) electrons. The maximum atomic E-state index is 10.2. The Morgan fingerprint density at radius 2 is 0.917 bits per heavy atom. The summed E-state index contributed by atoms with van der Waals surface area (Å²) < 4.78 is 0. The Bertz CT molecular complexity index is 552. The van der Waals surface area contributed by atoms with Crippen molar-refractivity contribution in [3.63, 3.8) is 0 Å². The van der Waals surface area contributed by atoms with Gasteiger partial charge in [0, 0.05) is 0 Å². The van der Waals surface area contributed by atoms with Gasteiger partial charge >= 0.3 is 11.9 Å². The molecule has 0 aromatic heterocycles. The van der Waals surface area contributed by atoms with Gasteiger partial charge in [-0.1, -0.05) is 36.4 Å². The van der Waals surface area contributed by atoms with Crippen molar-refractivity contribution in [3.05, 3.63) is 71.8 Å². The van der Waals surface area contributed by atoms with Crippen molar-refractivity contribution in [1.82, 2.24) is 15.4 Å². The topological polar surface area (TPSA) is 111 Å². The summed E-state index contributed by atoms with van der Waals surface area (Å²) in [4.78, 5) is 20.4. The quantitative estimate of drug-likeness (QED) is 0.500. The van der Waals surface area contributed by atoms with Crippen molar-refractivity contribution in [2.45, 2.75) is 0 Å². The SMILES string of the molecule is O=C(O)c1ccccc1.O=C(O)c1ccccc1.[B]1N[B]N[B]N1. The Labute approximate surface area is 142 Å². The van der Waals surface area contributed by atoms with Crippen molar-refractivity contribution in [1.29, 1.82) is 0 Å². The number of benzene rings is 2. The molecule has 0 amide bonds. The van der Waals surface area contributed by atoms with E-state index >= 15 is 0 Å². The van der Waals surface area contributed by atoms with Crippen LogP contribution in [0.2, 0.25) is 0 Å². The molecule has 2 aromatic rings. The third-order valence-electron chi connectivity index (χ3n) is 2.54. The standard InChI is InChI=1S/2C7H6O2.B3H3N3/c2*8-7(9)6-4-2-1-3-5-6;1-4-2-6-3-5-1/h2*1-5H,(H,8,9);4-6H. The molecule has 10 heteroatoms. The van der Waals surface area contributed by atoms with Crippen molar-refractivity contribution >= 4 is 34.6 Å². The molecule has 0 aliphatic carbocycles. The minimum absolute atomic E-state index is 0.331. The molecule has 3 rings (SSSR count). The van der Waals surface area contributed by atoms with Gasteiger partial charge in [0.2, 0.25) is 0 Å². The van der Waals surface area contributed by atoms with E-state index in [9.17, 15) is 9.59 Å². The van der Waals surface area contributed by atoms with Crippen LogP contribution in [0.25, 0.3) is 0 Å². The van der Waals surface area contributed by atoms with Crippen LogP contribution in [-0.2, 0) is 0 Å². The molecule has 0 saturated carbocycles. The highest BCUT2D eigenvalue weighted by atomic mass is 16.4. The zero-order valence-electron chi connectivity index (χ0n) is 12.7. The van der Waals surface area contributed by atoms with Crippen LogP contribution in [0.3, 0.4) is 0 Å². The number of rotatable bonds is 2. The van der Waals surface area contributed by atoms with Crippen LogP contribution in [0.1, 0.15) is 20.7 Å². The van der Waals surface area contributed by atoms with E-state index < -0.39 is 11.9 Å².